The number of nitriles is 1. The molecule has 1 heterocycles. The second-order valence-corrected chi connectivity index (χ2v) is 7.73. The number of hydrogen-bond donors (Lipinski definition) is 2. The molecule has 0 unspecified atom stereocenters. The maximum absolute atomic E-state index is 15.0. The van der Waals surface area contributed by atoms with Crippen LogP contribution in [0.1, 0.15) is 37.6 Å². The highest BCUT2D eigenvalue weighted by molar-refractivity contribution is 6.02. The summed E-state index contributed by atoms with van der Waals surface area (Å²) in [5.41, 5.74) is 3.50. The number of anilines is 1. The lowest BCUT2D eigenvalue weighted by Gasteiger charge is -2.20. The van der Waals surface area contributed by atoms with Crippen LogP contribution < -0.4 is 5.32 Å². The molecule has 3 aromatic rings. The first-order valence-corrected chi connectivity index (χ1v) is 8.92. The Morgan fingerprint density at radius 3 is 2.61 bits per heavy atom. The van der Waals surface area contributed by atoms with E-state index in [1.165, 1.54) is 6.07 Å². The molecule has 2 aromatic carbocycles. The smallest absolute Gasteiger partial charge is 0.412 e. The average molecular weight is 379 g/mol. The molecule has 0 fully saturated rings. The largest absolute Gasteiger partial charge is 0.444 e. The maximum atomic E-state index is 15.0. The number of rotatable bonds is 2. The summed E-state index contributed by atoms with van der Waals surface area (Å²) < 4.78 is 20.3. The third-order valence-corrected chi connectivity index (χ3v) is 4.45. The Balaban J connectivity index is 2.10. The third-order valence-electron chi connectivity index (χ3n) is 4.45. The molecular weight excluding hydrogens is 357 g/mol. The number of nitrogens with zero attached hydrogens (tertiary/aromatic N) is 1. The fourth-order valence-electron chi connectivity index (χ4n) is 3.17. The standard InChI is InChI=1S/C22H22FN3O2/c1-12-13(2)25-20-15(11-24)10-17(23)19(18(12)20)14-7-6-8-16(9-14)26-21(27)28-22(3,4)5/h6-10,25H,1-5H3,(H,26,27). The Kier molecular flexibility index (Phi) is 4.86. The molecule has 144 valence electrons. The van der Waals surface area contributed by atoms with Gasteiger partial charge in [-0.05, 0) is 63.9 Å². The molecule has 0 bridgehead atoms. The first-order valence-electron chi connectivity index (χ1n) is 8.92. The first kappa shape index (κ1) is 19.4. The Labute approximate surface area is 163 Å². The second kappa shape index (κ2) is 7.01. The molecule has 28 heavy (non-hydrogen) atoms. The quantitative estimate of drug-likeness (QED) is 0.590. The summed E-state index contributed by atoms with van der Waals surface area (Å²) >= 11 is 0. The van der Waals surface area contributed by atoms with Crippen molar-refractivity contribution in [1.29, 1.82) is 5.26 Å². The summed E-state index contributed by atoms with van der Waals surface area (Å²) in [7, 11) is 0. The summed E-state index contributed by atoms with van der Waals surface area (Å²) in [5.74, 6) is -0.486. The number of benzene rings is 2. The number of hydrogen-bond acceptors (Lipinski definition) is 3. The number of amides is 1. The van der Waals surface area contributed by atoms with Gasteiger partial charge in [0.1, 0.15) is 17.5 Å². The number of aromatic nitrogens is 1. The number of halogens is 1. The van der Waals surface area contributed by atoms with Crippen molar-refractivity contribution in [3.05, 3.63) is 53.0 Å². The monoisotopic (exact) mass is 379 g/mol. The van der Waals surface area contributed by atoms with Gasteiger partial charge in [-0.15, -0.1) is 0 Å². The van der Waals surface area contributed by atoms with Crippen LogP contribution in [0.15, 0.2) is 30.3 Å². The zero-order chi connectivity index (χ0) is 20.6. The minimum atomic E-state index is -0.618. The second-order valence-electron chi connectivity index (χ2n) is 7.73. The van der Waals surface area contributed by atoms with Gasteiger partial charge in [0.25, 0.3) is 0 Å². The number of aryl methyl sites for hydroxylation is 2. The molecule has 0 spiro atoms. The molecular formula is C22H22FN3O2. The summed E-state index contributed by atoms with van der Waals surface area (Å²) in [6.45, 7) is 9.12. The zero-order valence-electron chi connectivity index (χ0n) is 16.5. The summed E-state index contributed by atoms with van der Waals surface area (Å²) in [5, 5.41) is 12.7. The molecule has 5 nitrogen and oxygen atoms in total. The van der Waals surface area contributed by atoms with Crippen LogP contribution in [-0.4, -0.2) is 16.7 Å². The molecule has 1 amide bonds. The molecule has 0 atom stereocenters. The Bertz CT molecular complexity index is 1120. The van der Waals surface area contributed by atoms with Gasteiger partial charge in [-0.25, -0.2) is 9.18 Å². The summed E-state index contributed by atoms with van der Waals surface area (Å²) in [6.07, 6.45) is -0.580. The summed E-state index contributed by atoms with van der Waals surface area (Å²) in [6, 6.07) is 10.2. The maximum Gasteiger partial charge on any atom is 0.412 e. The lowest BCUT2D eigenvalue weighted by atomic mass is 9.96. The first-order chi connectivity index (χ1) is 13.1. The third kappa shape index (κ3) is 3.70. The molecule has 0 aliphatic rings. The highest BCUT2D eigenvalue weighted by Gasteiger charge is 2.20. The lowest BCUT2D eigenvalue weighted by molar-refractivity contribution is 0.0636. The lowest BCUT2D eigenvalue weighted by Crippen LogP contribution is -2.27. The minimum Gasteiger partial charge on any atom is -0.444 e. The van der Waals surface area contributed by atoms with Crippen molar-refractivity contribution in [3.8, 4) is 17.2 Å². The van der Waals surface area contributed by atoms with Gasteiger partial charge in [0, 0.05) is 22.3 Å². The molecule has 3 rings (SSSR count). The van der Waals surface area contributed by atoms with E-state index in [1.807, 2.05) is 19.9 Å². The van der Waals surface area contributed by atoms with E-state index < -0.39 is 17.5 Å². The average Bonchev–Trinajstić information content (AvgIpc) is 2.88. The van der Waals surface area contributed by atoms with Crippen LogP contribution in [-0.2, 0) is 4.74 Å². The van der Waals surface area contributed by atoms with Gasteiger partial charge in [-0.3, -0.25) is 5.32 Å². The minimum absolute atomic E-state index is 0.260. The highest BCUT2D eigenvalue weighted by atomic mass is 19.1. The SMILES string of the molecule is Cc1[nH]c2c(C#N)cc(F)c(-c3cccc(NC(=O)OC(C)(C)C)c3)c2c1C. The molecule has 0 aliphatic heterocycles. The topological polar surface area (TPSA) is 77.9 Å². The van der Waals surface area contributed by atoms with Crippen LogP contribution in [0.4, 0.5) is 14.9 Å². The zero-order valence-corrected chi connectivity index (χ0v) is 16.5. The van der Waals surface area contributed by atoms with Crippen LogP contribution in [0.3, 0.4) is 0 Å². The Morgan fingerprint density at radius 1 is 1.25 bits per heavy atom. The van der Waals surface area contributed by atoms with Gasteiger partial charge in [0.2, 0.25) is 0 Å². The van der Waals surface area contributed by atoms with Gasteiger partial charge in [0.15, 0.2) is 0 Å². The molecule has 0 radical (unpaired) electrons. The van der Waals surface area contributed by atoms with E-state index in [0.717, 1.165) is 11.3 Å². The van der Waals surface area contributed by atoms with Gasteiger partial charge in [-0.2, -0.15) is 5.26 Å². The molecule has 0 aliphatic carbocycles. The number of carbonyl (C=O) groups excluding carboxylic acids is 1. The number of H-pyrrole nitrogens is 1. The van der Waals surface area contributed by atoms with Crippen LogP contribution >= 0.6 is 0 Å². The van der Waals surface area contributed by atoms with Gasteiger partial charge >= 0.3 is 6.09 Å². The summed E-state index contributed by atoms with van der Waals surface area (Å²) in [4.78, 5) is 15.2. The van der Waals surface area contributed by atoms with E-state index in [1.54, 1.807) is 45.0 Å². The van der Waals surface area contributed by atoms with E-state index in [9.17, 15) is 14.4 Å². The number of nitrogens with one attached hydrogen (secondary N) is 2. The number of carbonyl (C=O) groups is 1. The van der Waals surface area contributed by atoms with Crippen LogP contribution in [0.2, 0.25) is 0 Å². The molecule has 6 heteroatoms. The van der Waals surface area contributed by atoms with Crippen molar-refractivity contribution in [1.82, 2.24) is 4.98 Å². The van der Waals surface area contributed by atoms with Crippen LogP contribution in [0.25, 0.3) is 22.0 Å². The predicted octanol–water partition coefficient (Wildman–Crippen LogP) is 5.81. The predicted molar refractivity (Wildman–Crippen MR) is 108 cm³/mol. The normalized spacial score (nSPS) is 11.3. The van der Waals surface area contributed by atoms with Crippen molar-refractivity contribution in [2.45, 2.75) is 40.2 Å². The molecule has 2 N–H and O–H groups in total. The number of aromatic amines is 1. The van der Waals surface area contributed by atoms with E-state index in [2.05, 4.69) is 10.3 Å². The van der Waals surface area contributed by atoms with E-state index in [4.69, 9.17) is 4.74 Å². The highest BCUT2D eigenvalue weighted by Crippen LogP contribution is 2.37. The molecule has 1 aromatic heterocycles. The van der Waals surface area contributed by atoms with Gasteiger partial charge in [-0.1, -0.05) is 12.1 Å². The fourth-order valence-corrected chi connectivity index (χ4v) is 3.17. The van der Waals surface area contributed by atoms with E-state index >= 15 is 0 Å². The molecule has 0 saturated heterocycles. The van der Waals surface area contributed by atoms with Crippen molar-refractivity contribution >= 4 is 22.7 Å². The van der Waals surface area contributed by atoms with Crippen molar-refractivity contribution in [2.75, 3.05) is 5.32 Å². The Hall–Kier alpha value is -3.33. The fraction of sp³-hybridized carbons (Fsp3) is 0.273. The van der Waals surface area contributed by atoms with Crippen molar-refractivity contribution in [3.63, 3.8) is 0 Å². The number of ether oxygens (including phenoxy) is 1. The van der Waals surface area contributed by atoms with Crippen molar-refractivity contribution < 1.29 is 13.9 Å². The van der Waals surface area contributed by atoms with Crippen LogP contribution in [0, 0.1) is 31.0 Å². The molecule has 0 saturated carbocycles. The van der Waals surface area contributed by atoms with Crippen molar-refractivity contribution in [2.24, 2.45) is 0 Å². The van der Waals surface area contributed by atoms with E-state index in [-0.39, 0.29) is 5.56 Å². The van der Waals surface area contributed by atoms with Gasteiger partial charge in [0.05, 0.1) is 11.1 Å². The van der Waals surface area contributed by atoms with E-state index in [0.29, 0.717) is 27.7 Å². The van der Waals surface area contributed by atoms with Crippen LogP contribution in [0.5, 0.6) is 0 Å². The van der Waals surface area contributed by atoms with Gasteiger partial charge < -0.3 is 9.72 Å². The number of fused-ring (bicyclic) bond motifs is 1. The Morgan fingerprint density at radius 2 is 1.96 bits per heavy atom.